The number of carbonyl (C=O) groups is 1. The van der Waals surface area contributed by atoms with Gasteiger partial charge in [0, 0.05) is 40.9 Å². The van der Waals surface area contributed by atoms with Gasteiger partial charge >= 0.3 is 0 Å². The zero-order chi connectivity index (χ0) is 23.7. The van der Waals surface area contributed by atoms with E-state index in [2.05, 4.69) is 25.0 Å². The molecular weight excluding hydrogens is 446 g/mol. The van der Waals surface area contributed by atoms with Gasteiger partial charge in [-0.1, -0.05) is 31.4 Å². The van der Waals surface area contributed by atoms with Crippen molar-refractivity contribution in [3.05, 3.63) is 58.6 Å². The summed E-state index contributed by atoms with van der Waals surface area (Å²) in [5.41, 5.74) is 10.3. The molecule has 3 aromatic heterocycles. The smallest absolute Gasteiger partial charge is 0.257 e. The van der Waals surface area contributed by atoms with E-state index >= 15 is 0 Å². The molecule has 5 rings (SSSR count). The standard InChI is InChI=1S/C25H29N7OS/c1-15-19(14-27-2)34-25(29-15)31-24(33)18-10-8-16(9-11-18)20-21-22(26)28-12-13-32(21)23(30-20)17-6-4-3-5-7-17/h8-13,17,27H,3-7,14H2,1-2H3,(H2,26,28)(H,29,31,33). The molecule has 0 spiro atoms. The van der Waals surface area contributed by atoms with E-state index < -0.39 is 0 Å². The van der Waals surface area contributed by atoms with Gasteiger partial charge in [-0.15, -0.1) is 11.3 Å². The van der Waals surface area contributed by atoms with Crippen LogP contribution in [0, 0.1) is 6.92 Å². The highest BCUT2D eigenvalue weighted by molar-refractivity contribution is 7.15. The van der Waals surface area contributed by atoms with Crippen LogP contribution < -0.4 is 16.4 Å². The number of thiazole rings is 1. The molecule has 3 heterocycles. The maximum Gasteiger partial charge on any atom is 0.257 e. The Morgan fingerprint density at radius 2 is 1.94 bits per heavy atom. The molecule has 1 fully saturated rings. The number of nitrogens with one attached hydrogen (secondary N) is 2. The van der Waals surface area contributed by atoms with Crippen molar-refractivity contribution in [2.45, 2.75) is 51.5 Å². The van der Waals surface area contributed by atoms with Gasteiger partial charge in [-0.25, -0.2) is 15.0 Å². The molecule has 1 aliphatic rings. The predicted octanol–water partition coefficient (Wildman–Crippen LogP) is 4.76. The molecule has 1 aromatic carbocycles. The summed E-state index contributed by atoms with van der Waals surface area (Å²) in [6, 6.07) is 7.48. The Hall–Kier alpha value is -3.30. The van der Waals surface area contributed by atoms with Crippen molar-refractivity contribution in [1.82, 2.24) is 24.7 Å². The van der Waals surface area contributed by atoms with Gasteiger partial charge in [-0.2, -0.15) is 0 Å². The first-order valence-corrected chi connectivity index (χ1v) is 12.5. The minimum absolute atomic E-state index is 0.185. The third-order valence-electron chi connectivity index (χ3n) is 6.45. The van der Waals surface area contributed by atoms with Gasteiger partial charge in [0.05, 0.1) is 5.69 Å². The number of nitrogens with two attached hydrogens (primary N) is 1. The Balaban J connectivity index is 1.42. The zero-order valence-electron chi connectivity index (χ0n) is 19.5. The number of nitrogen functional groups attached to an aromatic ring is 1. The number of aryl methyl sites for hydroxylation is 1. The number of hydrogen-bond donors (Lipinski definition) is 3. The fourth-order valence-corrected chi connectivity index (χ4v) is 5.66. The Labute approximate surface area is 202 Å². The molecule has 1 aliphatic carbocycles. The maximum absolute atomic E-state index is 12.8. The van der Waals surface area contributed by atoms with Gasteiger partial charge < -0.3 is 11.1 Å². The Morgan fingerprint density at radius 1 is 1.18 bits per heavy atom. The van der Waals surface area contributed by atoms with Crippen molar-refractivity contribution in [2.24, 2.45) is 0 Å². The van der Waals surface area contributed by atoms with E-state index in [1.54, 1.807) is 6.20 Å². The summed E-state index contributed by atoms with van der Waals surface area (Å²) in [7, 11) is 1.89. The number of anilines is 2. The largest absolute Gasteiger partial charge is 0.382 e. The fraction of sp³-hybridized carbons (Fsp3) is 0.360. The molecule has 0 radical (unpaired) electrons. The van der Waals surface area contributed by atoms with Crippen molar-refractivity contribution >= 4 is 33.7 Å². The van der Waals surface area contributed by atoms with Gasteiger partial charge in [-0.3, -0.25) is 14.5 Å². The second-order valence-electron chi connectivity index (χ2n) is 8.77. The van der Waals surface area contributed by atoms with Crippen LogP contribution in [-0.4, -0.2) is 32.3 Å². The van der Waals surface area contributed by atoms with Crippen LogP contribution in [0.15, 0.2) is 36.7 Å². The molecule has 8 nitrogen and oxygen atoms in total. The Bertz CT molecular complexity index is 1320. The summed E-state index contributed by atoms with van der Waals surface area (Å²) in [5, 5.41) is 6.64. The maximum atomic E-state index is 12.8. The molecule has 0 atom stereocenters. The number of amides is 1. The second-order valence-corrected chi connectivity index (χ2v) is 9.86. The Morgan fingerprint density at radius 3 is 2.68 bits per heavy atom. The molecule has 9 heteroatoms. The van der Waals surface area contributed by atoms with E-state index in [4.69, 9.17) is 10.7 Å². The van der Waals surface area contributed by atoms with Crippen LogP contribution in [0.5, 0.6) is 0 Å². The number of hydrogen-bond acceptors (Lipinski definition) is 7. The second kappa shape index (κ2) is 9.52. The minimum atomic E-state index is -0.185. The van der Waals surface area contributed by atoms with Crippen LogP contribution in [0.3, 0.4) is 0 Å². The van der Waals surface area contributed by atoms with Crippen LogP contribution in [0.25, 0.3) is 16.8 Å². The zero-order valence-corrected chi connectivity index (χ0v) is 20.3. The highest BCUT2D eigenvalue weighted by Crippen LogP contribution is 2.36. The molecule has 0 bridgehead atoms. The van der Waals surface area contributed by atoms with Crippen LogP contribution >= 0.6 is 11.3 Å². The summed E-state index contributed by atoms with van der Waals surface area (Å²) < 4.78 is 2.10. The van der Waals surface area contributed by atoms with Crippen molar-refractivity contribution in [2.75, 3.05) is 18.1 Å². The Kier molecular flexibility index (Phi) is 6.30. The first-order chi connectivity index (χ1) is 16.5. The third kappa shape index (κ3) is 4.28. The van der Waals surface area contributed by atoms with Gasteiger partial charge in [0.15, 0.2) is 5.13 Å². The van der Waals surface area contributed by atoms with Crippen LogP contribution in [0.4, 0.5) is 10.9 Å². The first-order valence-electron chi connectivity index (χ1n) is 11.7. The number of benzene rings is 1. The monoisotopic (exact) mass is 475 g/mol. The van der Waals surface area contributed by atoms with Crippen molar-refractivity contribution in [3.8, 4) is 11.3 Å². The van der Waals surface area contributed by atoms with Gasteiger partial charge in [0.1, 0.15) is 22.9 Å². The first kappa shape index (κ1) is 22.5. The number of carbonyl (C=O) groups excluding carboxylic acids is 1. The topological polar surface area (TPSA) is 110 Å². The molecule has 1 saturated carbocycles. The quantitative estimate of drug-likeness (QED) is 0.371. The summed E-state index contributed by atoms with van der Waals surface area (Å²) in [6.45, 7) is 2.68. The summed E-state index contributed by atoms with van der Waals surface area (Å²) in [6.07, 6.45) is 9.72. The average Bonchev–Trinajstić information content (AvgIpc) is 3.41. The number of nitrogens with zero attached hydrogens (tertiary/aromatic N) is 4. The highest BCUT2D eigenvalue weighted by atomic mass is 32.1. The molecule has 34 heavy (non-hydrogen) atoms. The van der Waals surface area contributed by atoms with Gasteiger partial charge in [0.25, 0.3) is 5.91 Å². The minimum Gasteiger partial charge on any atom is -0.382 e. The van der Waals surface area contributed by atoms with Crippen LogP contribution in [0.1, 0.15) is 64.8 Å². The van der Waals surface area contributed by atoms with Crippen LogP contribution in [-0.2, 0) is 6.54 Å². The summed E-state index contributed by atoms with van der Waals surface area (Å²) in [5.74, 6) is 1.76. The van der Waals surface area contributed by atoms with Crippen molar-refractivity contribution in [1.29, 1.82) is 0 Å². The molecule has 0 aliphatic heterocycles. The molecule has 176 valence electrons. The van der Waals surface area contributed by atoms with E-state index in [0.717, 1.165) is 52.6 Å². The molecule has 1 amide bonds. The fourth-order valence-electron chi connectivity index (χ4n) is 4.69. The number of aromatic nitrogens is 4. The normalized spacial score (nSPS) is 14.5. The van der Waals surface area contributed by atoms with E-state index in [-0.39, 0.29) is 5.91 Å². The van der Waals surface area contributed by atoms with E-state index in [9.17, 15) is 4.79 Å². The van der Waals surface area contributed by atoms with Gasteiger partial charge in [-0.05, 0) is 38.9 Å². The van der Waals surface area contributed by atoms with E-state index in [1.807, 2.05) is 44.4 Å². The van der Waals surface area contributed by atoms with Crippen molar-refractivity contribution in [3.63, 3.8) is 0 Å². The van der Waals surface area contributed by atoms with Crippen molar-refractivity contribution < 1.29 is 4.79 Å². The van der Waals surface area contributed by atoms with E-state index in [1.165, 1.54) is 30.6 Å². The molecule has 4 N–H and O–H groups in total. The summed E-state index contributed by atoms with van der Waals surface area (Å²) in [4.78, 5) is 27.7. The molecule has 0 saturated heterocycles. The lowest BCUT2D eigenvalue weighted by Gasteiger charge is -2.20. The van der Waals surface area contributed by atoms with E-state index in [0.29, 0.717) is 22.4 Å². The van der Waals surface area contributed by atoms with Crippen LogP contribution in [0.2, 0.25) is 0 Å². The highest BCUT2D eigenvalue weighted by Gasteiger charge is 2.24. The third-order valence-corrected chi connectivity index (χ3v) is 7.52. The predicted molar refractivity (Wildman–Crippen MR) is 136 cm³/mol. The molecule has 4 aromatic rings. The number of fused-ring (bicyclic) bond motifs is 1. The lowest BCUT2D eigenvalue weighted by atomic mass is 9.89. The summed E-state index contributed by atoms with van der Waals surface area (Å²) >= 11 is 1.49. The SMILES string of the molecule is CNCc1sc(NC(=O)c2ccc(-c3nc(C4CCCCC4)n4ccnc(N)c34)cc2)nc1C. The number of imidazole rings is 1. The lowest BCUT2D eigenvalue weighted by molar-refractivity contribution is 0.102. The molecule has 0 unspecified atom stereocenters. The average molecular weight is 476 g/mol. The molecular formula is C25H29N7OS. The van der Waals surface area contributed by atoms with Gasteiger partial charge in [0.2, 0.25) is 0 Å². The number of rotatable bonds is 6. The lowest BCUT2D eigenvalue weighted by Crippen LogP contribution is -2.11.